The molecule has 0 aliphatic carbocycles. The molecular weight excluding hydrogens is 160 g/mol. The SMILES string of the molecule is C=C(CC1CCC(=O)O1)C(=O)O. The van der Waals surface area contributed by atoms with Crippen molar-refractivity contribution in [1.82, 2.24) is 0 Å². The van der Waals surface area contributed by atoms with Gasteiger partial charge in [0.2, 0.25) is 0 Å². The number of carboxylic acid groups (broad SMARTS) is 1. The van der Waals surface area contributed by atoms with Crippen LogP contribution >= 0.6 is 0 Å². The zero-order valence-corrected chi connectivity index (χ0v) is 6.58. The lowest BCUT2D eigenvalue weighted by molar-refractivity contribution is -0.142. The molecule has 0 aromatic heterocycles. The smallest absolute Gasteiger partial charge is 0.331 e. The number of aliphatic carboxylic acids is 1. The van der Waals surface area contributed by atoms with Gasteiger partial charge < -0.3 is 9.84 Å². The van der Waals surface area contributed by atoms with Crippen molar-refractivity contribution in [1.29, 1.82) is 0 Å². The third-order valence-corrected chi connectivity index (χ3v) is 1.75. The van der Waals surface area contributed by atoms with Crippen LogP contribution < -0.4 is 0 Å². The number of ether oxygens (including phenoxy) is 1. The molecule has 1 unspecified atom stereocenters. The van der Waals surface area contributed by atoms with E-state index in [0.29, 0.717) is 12.8 Å². The molecule has 1 saturated heterocycles. The Balaban J connectivity index is 2.37. The quantitative estimate of drug-likeness (QED) is 0.500. The van der Waals surface area contributed by atoms with Crippen molar-refractivity contribution >= 4 is 11.9 Å². The van der Waals surface area contributed by atoms with E-state index in [1.54, 1.807) is 0 Å². The summed E-state index contributed by atoms with van der Waals surface area (Å²) in [4.78, 5) is 20.9. The molecule has 66 valence electrons. The highest BCUT2D eigenvalue weighted by Crippen LogP contribution is 2.19. The van der Waals surface area contributed by atoms with E-state index in [1.165, 1.54) is 0 Å². The highest BCUT2D eigenvalue weighted by Gasteiger charge is 2.24. The van der Waals surface area contributed by atoms with Gasteiger partial charge in [0.1, 0.15) is 6.10 Å². The number of rotatable bonds is 3. The van der Waals surface area contributed by atoms with E-state index in [2.05, 4.69) is 6.58 Å². The molecule has 1 fully saturated rings. The van der Waals surface area contributed by atoms with Gasteiger partial charge in [0.25, 0.3) is 0 Å². The van der Waals surface area contributed by atoms with Crippen LogP contribution in [0.15, 0.2) is 12.2 Å². The first-order valence-corrected chi connectivity index (χ1v) is 3.70. The van der Waals surface area contributed by atoms with Crippen molar-refractivity contribution in [2.75, 3.05) is 0 Å². The molecule has 0 amide bonds. The summed E-state index contributed by atoms with van der Waals surface area (Å²) in [6, 6.07) is 0. The number of carbonyl (C=O) groups is 2. The number of esters is 1. The molecule has 1 N–H and O–H groups in total. The minimum absolute atomic E-state index is 0.0923. The topological polar surface area (TPSA) is 63.6 Å². The number of carbonyl (C=O) groups excluding carboxylic acids is 1. The summed E-state index contributed by atoms with van der Waals surface area (Å²) < 4.78 is 4.82. The van der Waals surface area contributed by atoms with Crippen molar-refractivity contribution in [2.24, 2.45) is 0 Å². The summed E-state index contributed by atoms with van der Waals surface area (Å²) in [6.07, 6.45) is 0.949. The number of hydrogen-bond acceptors (Lipinski definition) is 3. The lowest BCUT2D eigenvalue weighted by Crippen LogP contribution is -2.11. The summed E-state index contributed by atoms with van der Waals surface area (Å²) in [5, 5.41) is 8.47. The highest BCUT2D eigenvalue weighted by atomic mass is 16.5. The summed E-state index contributed by atoms with van der Waals surface area (Å²) >= 11 is 0. The third-order valence-electron chi connectivity index (χ3n) is 1.75. The minimum atomic E-state index is -1.03. The van der Waals surface area contributed by atoms with E-state index in [0.717, 1.165) is 0 Å². The monoisotopic (exact) mass is 170 g/mol. The normalized spacial score (nSPS) is 22.0. The van der Waals surface area contributed by atoms with Crippen LogP contribution in [0.5, 0.6) is 0 Å². The molecule has 0 aromatic rings. The summed E-state index contributed by atoms with van der Waals surface area (Å²) in [5.41, 5.74) is 0.0923. The molecule has 0 saturated carbocycles. The Kier molecular flexibility index (Phi) is 2.47. The van der Waals surface area contributed by atoms with E-state index in [4.69, 9.17) is 9.84 Å². The highest BCUT2D eigenvalue weighted by molar-refractivity contribution is 5.86. The molecule has 0 radical (unpaired) electrons. The fourth-order valence-corrected chi connectivity index (χ4v) is 1.09. The summed E-state index contributed by atoms with van der Waals surface area (Å²) in [6.45, 7) is 3.35. The van der Waals surface area contributed by atoms with Crippen molar-refractivity contribution < 1.29 is 19.4 Å². The molecule has 1 aliphatic rings. The van der Waals surface area contributed by atoms with E-state index >= 15 is 0 Å². The van der Waals surface area contributed by atoms with Crippen LogP contribution in [0.1, 0.15) is 19.3 Å². The van der Waals surface area contributed by atoms with Gasteiger partial charge in [0.15, 0.2) is 0 Å². The van der Waals surface area contributed by atoms with Gasteiger partial charge in [0, 0.05) is 18.4 Å². The van der Waals surface area contributed by atoms with Gasteiger partial charge in [0.05, 0.1) is 0 Å². The lowest BCUT2D eigenvalue weighted by atomic mass is 10.1. The number of carboxylic acids is 1. The average Bonchev–Trinajstić information content (AvgIpc) is 2.35. The fraction of sp³-hybridized carbons (Fsp3) is 0.500. The van der Waals surface area contributed by atoms with Gasteiger partial charge in [-0.15, -0.1) is 0 Å². The van der Waals surface area contributed by atoms with Gasteiger partial charge in [-0.25, -0.2) is 4.79 Å². The van der Waals surface area contributed by atoms with Crippen molar-refractivity contribution in [2.45, 2.75) is 25.4 Å². The second kappa shape index (κ2) is 3.38. The van der Waals surface area contributed by atoms with Gasteiger partial charge in [-0.1, -0.05) is 6.58 Å². The van der Waals surface area contributed by atoms with Gasteiger partial charge in [-0.05, 0) is 6.42 Å². The van der Waals surface area contributed by atoms with Crippen LogP contribution in [-0.4, -0.2) is 23.1 Å². The predicted molar refractivity (Wildman–Crippen MR) is 40.5 cm³/mol. The standard InChI is InChI=1S/C8H10O4/c1-5(8(10)11)4-6-2-3-7(9)12-6/h6H,1-4H2,(H,10,11). The lowest BCUT2D eigenvalue weighted by Gasteiger charge is -2.07. The summed E-state index contributed by atoms with van der Waals surface area (Å²) in [7, 11) is 0. The first-order chi connectivity index (χ1) is 5.59. The van der Waals surface area contributed by atoms with E-state index in [-0.39, 0.29) is 24.1 Å². The number of hydrogen-bond donors (Lipinski definition) is 1. The Labute approximate surface area is 69.8 Å². The van der Waals surface area contributed by atoms with Crippen molar-refractivity contribution in [3.63, 3.8) is 0 Å². The van der Waals surface area contributed by atoms with Crippen LogP contribution in [0, 0.1) is 0 Å². The molecule has 0 aromatic carbocycles. The second-order valence-corrected chi connectivity index (χ2v) is 2.76. The molecule has 1 aliphatic heterocycles. The second-order valence-electron chi connectivity index (χ2n) is 2.76. The van der Waals surface area contributed by atoms with Crippen LogP contribution in [-0.2, 0) is 14.3 Å². The maximum Gasteiger partial charge on any atom is 0.331 e. The maximum atomic E-state index is 10.6. The maximum absolute atomic E-state index is 10.6. The first-order valence-electron chi connectivity index (χ1n) is 3.70. The Morgan fingerprint density at radius 2 is 2.42 bits per heavy atom. The Hall–Kier alpha value is -1.32. The molecule has 12 heavy (non-hydrogen) atoms. The largest absolute Gasteiger partial charge is 0.478 e. The third kappa shape index (κ3) is 2.08. The minimum Gasteiger partial charge on any atom is -0.478 e. The Morgan fingerprint density at radius 1 is 1.75 bits per heavy atom. The number of cyclic esters (lactones) is 1. The molecular formula is C8H10O4. The molecule has 0 bridgehead atoms. The van der Waals surface area contributed by atoms with Gasteiger partial charge in [-0.3, -0.25) is 4.79 Å². The summed E-state index contributed by atoms with van der Waals surface area (Å²) in [5.74, 6) is -1.28. The average molecular weight is 170 g/mol. The fourth-order valence-electron chi connectivity index (χ4n) is 1.09. The Morgan fingerprint density at radius 3 is 2.83 bits per heavy atom. The van der Waals surface area contributed by atoms with Gasteiger partial charge >= 0.3 is 11.9 Å². The van der Waals surface area contributed by atoms with Crippen LogP contribution in [0.25, 0.3) is 0 Å². The molecule has 0 spiro atoms. The van der Waals surface area contributed by atoms with Crippen LogP contribution in [0.3, 0.4) is 0 Å². The zero-order valence-electron chi connectivity index (χ0n) is 6.58. The van der Waals surface area contributed by atoms with E-state index < -0.39 is 5.97 Å². The zero-order chi connectivity index (χ0) is 9.14. The van der Waals surface area contributed by atoms with Gasteiger partial charge in [-0.2, -0.15) is 0 Å². The molecule has 1 rings (SSSR count). The van der Waals surface area contributed by atoms with Crippen molar-refractivity contribution in [3.05, 3.63) is 12.2 Å². The van der Waals surface area contributed by atoms with E-state index in [9.17, 15) is 9.59 Å². The van der Waals surface area contributed by atoms with Crippen LogP contribution in [0.4, 0.5) is 0 Å². The Bertz CT molecular complexity index is 231. The predicted octanol–water partition coefficient (Wildman–Crippen LogP) is 0.723. The first kappa shape index (κ1) is 8.77. The van der Waals surface area contributed by atoms with Crippen molar-refractivity contribution in [3.8, 4) is 0 Å². The van der Waals surface area contributed by atoms with Crippen LogP contribution in [0.2, 0.25) is 0 Å². The molecule has 1 heterocycles. The molecule has 4 nitrogen and oxygen atoms in total. The molecule has 4 heteroatoms. The molecule has 1 atom stereocenters. The van der Waals surface area contributed by atoms with E-state index in [1.807, 2.05) is 0 Å².